The van der Waals surface area contributed by atoms with Crippen LogP contribution in [-0.4, -0.2) is 41.7 Å². The molecule has 0 spiro atoms. The van der Waals surface area contributed by atoms with Crippen LogP contribution in [0.4, 0.5) is 0 Å². The van der Waals surface area contributed by atoms with Crippen molar-refractivity contribution < 1.29 is 19.1 Å². The Bertz CT molecular complexity index is 407. The zero-order chi connectivity index (χ0) is 15.1. The van der Waals surface area contributed by atoms with Crippen LogP contribution in [-0.2, 0) is 19.1 Å². The lowest BCUT2D eigenvalue weighted by Crippen LogP contribution is -2.32. The second-order valence-electron chi connectivity index (χ2n) is 4.78. The number of nitrogens with zero attached hydrogens (tertiary/aromatic N) is 1. The monoisotopic (exact) mass is 301 g/mol. The Morgan fingerprint density at radius 1 is 1.05 bits per heavy atom. The van der Waals surface area contributed by atoms with Gasteiger partial charge < -0.3 is 4.74 Å². The largest absolute Gasteiger partial charge is 0.465 e. The van der Waals surface area contributed by atoms with Gasteiger partial charge in [0.25, 0.3) is 11.8 Å². The molecule has 0 saturated heterocycles. The maximum atomic E-state index is 11.8. The van der Waals surface area contributed by atoms with E-state index in [1.54, 1.807) is 13.8 Å². The fraction of sp³-hybridized carbons (Fsp3) is 0.643. The van der Waals surface area contributed by atoms with Gasteiger partial charge in [-0.25, -0.2) is 0 Å². The first-order chi connectivity index (χ1) is 9.49. The van der Waals surface area contributed by atoms with Crippen molar-refractivity contribution in [2.45, 2.75) is 39.5 Å². The number of amides is 2. The lowest BCUT2D eigenvalue weighted by molar-refractivity contribution is -0.141. The van der Waals surface area contributed by atoms with Gasteiger partial charge >= 0.3 is 5.97 Å². The Morgan fingerprint density at radius 3 is 2.15 bits per heavy atom. The van der Waals surface area contributed by atoms with Gasteiger partial charge in [0.05, 0.1) is 6.61 Å². The van der Waals surface area contributed by atoms with Crippen molar-refractivity contribution in [3.8, 4) is 0 Å². The summed E-state index contributed by atoms with van der Waals surface area (Å²) in [4.78, 5) is 35.6. The maximum absolute atomic E-state index is 11.8. The van der Waals surface area contributed by atoms with E-state index in [1.165, 1.54) is 4.90 Å². The third-order valence-electron chi connectivity index (χ3n) is 3.34. The summed E-state index contributed by atoms with van der Waals surface area (Å²) < 4.78 is 4.84. The van der Waals surface area contributed by atoms with Crippen LogP contribution in [0, 0.1) is 0 Å². The number of carbonyl (C=O) groups is 3. The van der Waals surface area contributed by atoms with Crippen molar-refractivity contribution in [2.24, 2.45) is 0 Å². The lowest BCUT2D eigenvalue weighted by Gasteiger charge is -2.14. The molecule has 2 amide bonds. The fourth-order valence-corrected chi connectivity index (χ4v) is 2.05. The number of hydrogen-bond donors (Lipinski definition) is 0. The van der Waals surface area contributed by atoms with Crippen molar-refractivity contribution >= 4 is 29.4 Å². The quantitative estimate of drug-likeness (QED) is 0.298. The Balaban J connectivity index is 2.13. The third-order valence-corrected chi connectivity index (χ3v) is 3.56. The molecule has 5 nitrogen and oxygen atoms in total. The SMILES string of the molecule is CC1=C(C)C(=O)N(CCCCCCOC(=O)CCl)C1=O. The molecule has 112 valence electrons. The highest BCUT2D eigenvalue weighted by atomic mass is 35.5. The molecule has 0 fully saturated rings. The van der Waals surface area contributed by atoms with E-state index in [9.17, 15) is 14.4 Å². The molecule has 0 aliphatic carbocycles. The highest BCUT2D eigenvalue weighted by molar-refractivity contribution is 6.26. The highest BCUT2D eigenvalue weighted by Crippen LogP contribution is 2.20. The number of rotatable bonds is 8. The highest BCUT2D eigenvalue weighted by Gasteiger charge is 2.32. The molecular weight excluding hydrogens is 282 g/mol. The molecule has 0 aromatic carbocycles. The van der Waals surface area contributed by atoms with Crippen molar-refractivity contribution in [3.63, 3.8) is 0 Å². The van der Waals surface area contributed by atoms with Crippen LogP contribution in [0.3, 0.4) is 0 Å². The van der Waals surface area contributed by atoms with Gasteiger partial charge in [-0.15, -0.1) is 11.6 Å². The summed E-state index contributed by atoms with van der Waals surface area (Å²) in [6.45, 7) is 4.18. The minimum atomic E-state index is -0.406. The number of imide groups is 1. The Morgan fingerprint density at radius 2 is 1.60 bits per heavy atom. The van der Waals surface area contributed by atoms with Crippen LogP contribution >= 0.6 is 11.6 Å². The predicted molar refractivity (Wildman–Crippen MR) is 75.2 cm³/mol. The van der Waals surface area contributed by atoms with Gasteiger partial charge in [-0.3, -0.25) is 19.3 Å². The molecule has 0 aromatic heterocycles. The van der Waals surface area contributed by atoms with E-state index in [1.807, 2.05) is 0 Å². The van der Waals surface area contributed by atoms with Gasteiger partial charge in [0.2, 0.25) is 0 Å². The van der Waals surface area contributed by atoms with Gasteiger partial charge in [-0.05, 0) is 33.1 Å². The summed E-state index contributed by atoms with van der Waals surface area (Å²) in [5.41, 5.74) is 1.09. The topological polar surface area (TPSA) is 63.7 Å². The molecule has 1 aliphatic heterocycles. The predicted octanol–water partition coefficient (Wildman–Crippen LogP) is 2.03. The van der Waals surface area contributed by atoms with E-state index in [2.05, 4.69) is 0 Å². The van der Waals surface area contributed by atoms with Crippen LogP contribution in [0.15, 0.2) is 11.1 Å². The van der Waals surface area contributed by atoms with Crippen LogP contribution in [0.1, 0.15) is 39.5 Å². The molecule has 0 aromatic rings. The number of alkyl halides is 1. The Kier molecular flexibility index (Phi) is 6.71. The van der Waals surface area contributed by atoms with Gasteiger partial charge in [-0.1, -0.05) is 6.42 Å². The molecule has 0 bridgehead atoms. The van der Waals surface area contributed by atoms with E-state index >= 15 is 0 Å². The van der Waals surface area contributed by atoms with Crippen LogP contribution < -0.4 is 0 Å². The van der Waals surface area contributed by atoms with E-state index in [0.717, 1.165) is 25.7 Å². The van der Waals surface area contributed by atoms with Crippen LogP contribution in [0.25, 0.3) is 0 Å². The zero-order valence-electron chi connectivity index (χ0n) is 11.9. The molecule has 0 unspecified atom stereocenters. The molecule has 1 heterocycles. The molecule has 1 aliphatic rings. The summed E-state index contributed by atoms with van der Waals surface area (Å²) in [7, 11) is 0. The molecule has 1 rings (SSSR count). The smallest absolute Gasteiger partial charge is 0.320 e. The zero-order valence-corrected chi connectivity index (χ0v) is 12.7. The number of carbonyl (C=O) groups excluding carboxylic acids is 3. The number of esters is 1. The van der Waals surface area contributed by atoms with E-state index in [-0.39, 0.29) is 17.7 Å². The summed E-state index contributed by atoms with van der Waals surface area (Å²) in [5.74, 6) is -0.880. The average molecular weight is 302 g/mol. The van der Waals surface area contributed by atoms with Gasteiger partial charge in [-0.2, -0.15) is 0 Å². The molecular formula is C14H20ClNO4. The first-order valence-electron chi connectivity index (χ1n) is 6.74. The summed E-state index contributed by atoms with van der Waals surface area (Å²) in [6.07, 6.45) is 3.30. The van der Waals surface area contributed by atoms with Gasteiger partial charge in [0.15, 0.2) is 0 Å². The summed E-state index contributed by atoms with van der Waals surface area (Å²) >= 11 is 5.29. The van der Waals surface area contributed by atoms with Crippen molar-refractivity contribution in [1.29, 1.82) is 0 Å². The molecule has 6 heteroatoms. The minimum absolute atomic E-state index is 0.120. The average Bonchev–Trinajstić information content (AvgIpc) is 2.63. The number of halogens is 1. The molecule has 0 saturated carbocycles. The fourth-order valence-electron chi connectivity index (χ4n) is 1.97. The summed E-state index contributed by atoms with van der Waals surface area (Å²) in [5, 5.41) is 0. The normalized spacial score (nSPS) is 15.2. The Labute approximate surface area is 123 Å². The first-order valence-corrected chi connectivity index (χ1v) is 7.27. The van der Waals surface area contributed by atoms with E-state index < -0.39 is 5.97 Å². The second kappa shape index (κ2) is 8.04. The third kappa shape index (κ3) is 4.34. The van der Waals surface area contributed by atoms with Gasteiger partial charge in [0, 0.05) is 17.7 Å². The molecule has 0 N–H and O–H groups in total. The molecule has 0 radical (unpaired) electrons. The number of unbranched alkanes of at least 4 members (excludes halogenated alkanes) is 3. The van der Waals surface area contributed by atoms with Crippen molar-refractivity contribution in [1.82, 2.24) is 4.90 Å². The lowest BCUT2D eigenvalue weighted by atomic mass is 10.2. The number of hydrogen-bond acceptors (Lipinski definition) is 4. The first kappa shape index (κ1) is 16.7. The second-order valence-corrected chi connectivity index (χ2v) is 5.05. The van der Waals surface area contributed by atoms with Crippen LogP contribution in [0.2, 0.25) is 0 Å². The standard InChI is InChI=1S/C14H20ClNO4/c1-10-11(2)14(19)16(13(10)18)7-5-3-4-6-8-20-12(17)9-15/h3-9H2,1-2H3. The van der Waals surface area contributed by atoms with Crippen molar-refractivity contribution in [2.75, 3.05) is 19.0 Å². The summed E-state index contributed by atoms with van der Waals surface area (Å²) in [6, 6.07) is 0. The van der Waals surface area contributed by atoms with Crippen LogP contribution in [0.5, 0.6) is 0 Å². The van der Waals surface area contributed by atoms with E-state index in [0.29, 0.717) is 24.3 Å². The molecule has 20 heavy (non-hydrogen) atoms. The maximum Gasteiger partial charge on any atom is 0.320 e. The van der Waals surface area contributed by atoms with Gasteiger partial charge in [0.1, 0.15) is 5.88 Å². The van der Waals surface area contributed by atoms with E-state index in [4.69, 9.17) is 16.3 Å². The van der Waals surface area contributed by atoms with Crippen molar-refractivity contribution in [3.05, 3.63) is 11.1 Å². The minimum Gasteiger partial charge on any atom is -0.465 e. The number of ether oxygens (including phenoxy) is 1. The molecule has 0 atom stereocenters. The Hall–Kier alpha value is -1.36.